The summed E-state index contributed by atoms with van der Waals surface area (Å²) in [5.41, 5.74) is 5.17. The van der Waals surface area contributed by atoms with Gasteiger partial charge in [-0.1, -0.05) is 48.7 Å². The minimum Gasteiger partial charge on any atom is -0.490 e. The Labute approximate surface area is 223 Å². The molecule has 0 bridgehead atoms. The first kappa shape index (κ1) is 24.5. The predicted octanol–water partition coefficient (Wildman–Crippen LogP) is 6.59. The molecule has 0 saturated heterocycles. The van der Waals surface area contributed by atoms with Gasteiger partial charge in [0, 0.05) is 42.7 Å². The summed E-state index contributed by atoms with van der Waals surface area (Å²) in [5.74, 6) is 0.884. The van der Waals surface area contributed by atoms with Gasteiger partial charge in [0.05, 0.1) is 17.4 Å². The highest BCUT2D eigenvalue weighted by Gasteiger charge is 2.45. The van der Waals surface area contributed by atoms with Crippen LogP contribution in [0.4, 0.5) is 0 Å². The Kier molecular flexibility index (Phi) is 6.52. The highest BCUT2D eigenvalue weighted by molar-refractivity contribution is 5.90. The van der Waals surface area contributed by atoms with Crippen LogP contribution in [0.1, 0.15) is 79.0 Å². The number of hydrogen-bond donors (Lipinski definition) is 1. The third-order valence-corrected chi connectivity index (χ3v) is 8.23. The number of hydrogen-bond acceptors (Lipinski definition) is 4. The van der Waals surface area contributed by atoms with Gasteiger partial charge in [-0.25, -0.2) is 4.79 Å². The molecule has 6 rings (SSSR count). The second kappa shape index (κ2) is 10.1. The lowest BCUT2D eigenvalue weighted by Gasteiger charge is -2.28. The molecule has 2 saturated carbocycles. The second-order valence-electron chi connectivity index (χ2n) is 10.9. The number of carboxylic acid groups (broad SMARTS) is 1. The van der Waals surface area contributed by atoms with Gasteiger partial charge in [0.25, 0.3) is 0 Å². The van der Waals surface area contributed by atoms with E-state index < -0.39 is 5.97 Å². The molecular weight excluding hydrogens is 476 g/mol. The summed E-state index contributed by atoms with van der Waals surface area (Å²) in [7, 11) is 1.85. The van der Waals surface area contributed by atoms with Crippen molar-refractivity contribution in [2.45, 2.75) is 63.4 Å². The number of aromatic nitrogens is 4. The molecule has 1 N–H and O–H groups in total. The monoisotopic (exact) mass is 510 g/mol. The molecule has 2 aliphatic rings. The summed E-state index contributed by atoms with van der Waals surface area (Å²) in [6, 6.07) is 18.3. The molecule has 0 aliphatic heterocycles. The fraction of sp³-hybridized carbons (Fsp3) is 0.387. The number of aromatic carboxylic acids is 1. The van der Waals surface area contributed by atoms with Gasteiger partial charge in [-0.2, -0.15) is 0 Å². The summed E-state index contributed by atoms with van der Waals surface area (Å²) in [4.78, 5) is 12.1. The topological polar surface area (TPSA) is 82.2 Å². The van der Waals surface area contributed by atoms with Gasteiger partial charge in [0.1, 0.15) is 5.75 Å². The number of rotatable bonds is 8. The van der Waals surface area contributed by atoms with Crippen molar-refractivity contribution in [3.05, 3.63) is 83.9 Å². The standard InChI is InChI=1S/C31H34N4O3/c1-20(21-8-4-3-5-9-21)38-25-13-7-11-23(17-25)22-10-6-12-24(16-22)35-15-14-26(31(36)37)30(35)28-18-27(28)29-19-34(2)33-32-29/h6-7,10-17,19-21,27-28H,3-5,8-9,18H2,1-2H3,(H,36,37)/t20-,27-,28-/m0/s1. The lowest BCUT2D eigenvalue weighted by molar-refractivity contribution is 0.0695. The second-order valence-corrected chi connectivity index (χ2v) is 10.9. The largest absolute Gasteiger partial charge is 0.490 e. The minimum absolute atomic E-state index is 0.0921. The van der Waals surface area contributed by atoms with E-state index in [4.69, 9.17) is 4.74 Å². The van der Waals surface area contributed by atoms with Crippen LogP contribution >= 0.6 is 0 Å². The van der Waals surface area contributed by atoms with Crippen LogP contribution in [0.15, 0.2) is 67.0 Å². The van der Waals surface area contributed by atoms with E-state index in [1.54, 1.807) is 10.7 Å². The number of carboxylic acids is 1. The summed E-state index contributed by atoms with van der Waals surface area (Å²) in [6.07, 6.45) is 11.3. The zero-order valence-corrected chi connectivity index (χ0v) is 22.0. The minimum atomic E-state index is -0.906. The van der Waals surface area contributed by atoms with Crippen LogP contribution in [0.25, 0.3) is 16.8 Å². The first-order valence-corrected chi connectivity index (χ1v) is 13.7. The average Bonchev–Trinajstić information content (AvgIpc) is 3.38. The Bertz CT molecular complexity index is 1450. The summed E-state index contributed by atoms with van der Waals surface area (Å²) in [5, 5.41) is 18.3. The fourth-order valence-electron chi connectivity index (χ4n) is 6.09. The van der Waals surface area contributed by atoms with Crippen LogP contribution in [0.2, 0.25) is 0 Å². The Balaban J connectivity index is 1.28. The molecule has 4 aromatic rings. The number of ether oxygens (including phenoxy) is 1. The summed E-state index contributed by atoms with van der Waals surface area (Å²) in [6.45, 7) is 2.20. The molecule has 0 unspecified atom stereocenters. The SMILES string of the molecule is C[C@H](Oc1cccc(-c2cccc(-n3ccc(C(=O)O)c3[C@H]3C[C@@H]3c3cn(C)nn3)c2)c1)C1CCCCC1. The van der Waals surface area contributed by atoms with Gasteiger partial charge < -0.3 is 14.4 Å². The Morgan fingerprint density at radius 1 is 1.03 bits per heavy atom. The van der Waals surface area contributed by atoms with E-state index >= 15 is 0 Å². The molecule has 0 spiro atoms. The molecule has 0 radical (unpaired) electrons. The van der Waals surface area contributed by atoms with Crippen molar-refractivity contribution in [2.75, 3.05) is 0 Å². The van der Waals surface area contributed by atoms with E-state index in [2.05, 4.69) is 41.5 Å². The van der Waals surface area contributed by atoms with E-state index in [0.717, 1.165) is 40.4 Å². The molecular formula is C31H34N4O3. The summed E-state index contributed by atoms with van der Waals surface area (Å²) >= 11 is 0. The van der Waals surface area contributed by atoms with Crippen LogP contribution in [0, 0.1) is 5.92 Å². The third-order valence-electron chi connectivity index (χ3n) is 8.23. The van der Waals surface area contributed by atoms with Crippen LogP contribution in [0.5, 0.6) is 5.75 Å². The lowest BCUT2D eigenvalue weighted by Crippen LogP contribution is -2.25. The highest BCUT2D eigenvalue weighted by Crippen LogP contribution is 2.55. The Morgan fingerprint density at radius 2 is 1.79 bits per heavy atom. The maximum absolute atomic E-state index is 12.1. The zero-order chi connectivity index (χ0) is 26.2. The summed E-state index contributed by atoms with van der Waals surface area (Å²) < 4.78 is 10.1. The molecule has 2 aliphatic carbocycles. The van der Waals surface area contributed by atoms with Gasteiger partial charge in [0.15, 0.2) is 0 Å². The highest BCUT2D eigenvalue weighted by atomic mass is 16.5. The van der Waals surface area contributed by atoms with E-state index in [0.29, 0.717) is 11.5 Å². The van der Waals surface area contributed by atoms with Crippen molar-refractivity contribution in [3.63, 3.8) is 0 Å². The van der Waals surface area contributed by atoms with Gasteiger partial charge in [0.2, 0.25) is 0 Å². The molecule has 2 heterocycles. The van der Waals surface area contributed by atoms with Crippen LogP contribution in [-0.4, -0.2) is 36.7 Å². The Hall–Kier alpha value is -3.87. The van der Waals surface area contributed by atoms with Crippen LogP contribution < -0.4 is 4.74 Å². The van der Waals surface area contributed by atoms with Gasteiger partial charge in [-0.3, -0.25) is 4.68 Å². The van der Waals surface area contributed by atoms with Crippen molar-refractivity contribution in [3.8, 4) is 22.6 Å². The quantitative estimate of drug-likeness (QED) is 0.289. The van der Waals surface area contributed by atoms with E-state index in [1.165, 1.54) is 32.1 Å². The first-order chi connectivity index (χ1) is 18.5. The van der Waals surface area contributed by atoms with Crippen molar-refractivity contribution < 1.29 is 14.6 Å². The molecule has 2 fully saturated rings. The van der Waals surface area contributed by atoms with Crippen molar-refractivity contribution in [1.29, 1.82) is 0 Å². The van der Waals surface area contributed by atoms with E-state index in [-0.39, 0.29) is 17.9 Å². The maximum Gasteiger partial charge on any atom is 0.337 e. The third kappa shape index (κ3) is 4.85. The predicted molar refractivity (Wildman–Crippen MR) is 146 cm³/mol. The molecule has 7 nitrogen and oxygen atoms in total. The fourth-order valence-corrected chi connectivity index (χ4v) is 6.09. The number of nitrogens with zero attached hydrogens (tertiary/aromatic N) is 4. The Morgan fingerprint density at radius 3 is 2.53 bits per heavy atom. The smallest absolute Gasteiger partial charge is 0.337 e. The van der Waals surface area contributed by atoms with Gasteiger partial charge in [-0.05, 0) is 73.6 Å². The molecule has 2 aromatic heterocycles. The lowest BCUT2D eigenvalue weighted by atomic mass is 9.86. The molecule has 196 valence electrons. The van der Waals surface area contributed by atoms with Gasteiger partial charge >= 0.3 is 5.97 Å². The normalized spacial score (nSPS) is 20.3. The molecule has 38 heavy (non-hydrogen) atoms. The van der Waals surface area contributed by atoms with Crippen molar-refractivity contribution >= 4 is 5.97 Å². The van der Waals surface area contributed by atoms with Crippen molar-refractivity contribution in [2.24, 2.45) is 13.0 Å². The van der Waals surface area contributed by atoms with E-state index in [1.807, 2.05) is 48.3 Å². The number of aryl methyl sites for hydroxylation is 1. The maximum atomic E-state index is 12.1. The van der Waals surface area contributed by atoms with Crippen LogP contribution in [-0.2, 0) is 7.05 Å². The van der Waals surface area contributed by atoms with Gasteiger partial charge in [-0.15, -0.1) is 5.10 Å². The zero-order valence-electron chi connectivity index (χ0n) is 22.0. The molecule has 7 heteroatoms. The number of benzene rings is 2. The molecule has 2 aromatic carbocycles. The van der Waals surface area contributed by atoms with E-state index in [9.17, 15) is 9.90 Å². The first-order valence-electron chi connectivity index (χ1n) is 13.7. The van der Waals surface area contributed by atoms with Crippen molar-refractivity contribution in [1.82, 2.24) is 19.6 Å². The average molecular weight is 511 g/mol. The molecule has 0 amide bonds. The number of carbonyl (C=O) groups is 1. The van der Waals surface area contributed by atoms with Crippen LogP contribution in [0.3, 0.4) is 0 Å². The molecule has 3 atom stereocenters.